The average Bonchev–Trinajstić information content (AvgIpc) is 2.91. The highest BCUT2D eigenvalue weighted by molar-refractivity contribution is 5.97. The molecule has 0 radical (unpaired) electrons. The number of rotatable bonds is 2. The molecule has 1 N–H and O–H groups in total. The molecular formula is C15H16N2O6. The predicted molar refractivity (Wildman–Crippen MR) is 78.7 cm³/mol. The lowest BCUT2D eigenvalue weighted by Crippen LogP contribution is -2.45. The molecule has 2 saturated heterocycles. The Morgan fingerprint density at radius 3 is 2.96 bits per heavy atom. The maximum atomic E-state index is 12.0. The molecular weight excluding hydrogens is 304 g/mol. The summed E-state index contributed by atoms with van der Waals surface area (Å²) >= 11 is 0. The first kappa shape index (κ1) is 14.3. The minimum atomic E-state index is -0.587. The van der Waals surface area contributed by atoms with Gasteiger partial charge in [0.05, 0.1) is 18.9 Å². The van der Waals surface area contributed by atoms with Gasteiger partial charge < -0.3 is 24.2 Å². The molecule has 0 spiro atoms. The van der Waals surface area contributed by atoms with Crippen LogP contribution in [0.2, 0.25) is 0 Å². The summed E-state index contributed by atoms with van der Waals surface area (Å²) < 4.78 is 16.0. The Kier molecular flexibility index (Phi) is 3.35. The van der Waals surface area contributed by atoms with Crippen molar-refractivity contribution in [1.82, 2.24) is 0 Å². The zero-order valence-corrected chi connectivity index (χ0v) is 12.3. The third kappa shape index (κ3) is 2.22. The fourth-order valence-electron chi connectivity index (χ4n) is 3.14. The van der Waals surface area contributed by atoms with Crippen molar-refractivity contribution in [2.45, 2.75) is 12.1 Å². The van der Waals surface area contributed by atoms with Gasteiger partial charge >= 0.3 is 6.09 Å². The Labute approximate surface area is 132 Å². The maximum absolute atomic E-state index is 12.0. The Morgan fingerprint density at radius 2 is 2.17 bits per heavy atom. The van der Waals surface area contributed by atoms with Crippen LogP contribution in [0.1, 0.15) is 0 Å². The van der Waals surface area contributed by atoms with Crippen LogP contribution in [0.25, 0.3) is 0 Å². The third-order valence-corrected chi connectivity index (χ3v) is 4.30. The van der Waals surface area contributed by atoms with Crippen molar-refractivity contribution >= 4 is 23.4 Å². The van der Waals surface area contributed by atoms with E-state index in [-0.39, 0.29) is 31.8 Å². The van der Waals surface area contributed by atoms with Gasteiger partial charge in [0.15, 0.2) is 6.10 Å². The molecule has 23 heavy (non-hydrogen) atoms. The van der Waals surface area contributed by atoms with Crippen molar-refractivity contribution in [2.24, 2.45) is 0 Å². The summed E-state index contributed by atoms with van der Waals surface area (Å²) in [6, 6.07) is 4.92. The highest BCUT2D eigenvalue weighted by atomic mass is 16.6. The normalized spacial score (nSPS) is 26.5. The third-order valence-electron chi connectivity index (χ3n) is 4.30. The van der Waals surface area contributed by atoms with Gasteiger partial charge in [0.2, 0.25) is 0 Å². The van der Waals surface area contributed by atoms with E-state index in [2.05, 4.69) is 0 Å². The van der Waals surface area contributed by atoms with E-state index in [0.717, 1.165) is 0 Å². The summed E-state index contributed by atoms with van der Waals surface area (Å²) in [7, 11) is 0. The molecule has 1 aromatic carbocycles. The van der Waals surface area contributed by atoms with Crippen LogP contribution in [0.15, 0.2) is 18.2 Å². The highest BCUT2D eigenvalue weighted by Gasteiger charge is 2.46. The van der Waals surface area contributed by atoms with Crippen molar-refractivity contribution in [2.75, 3.05) is 42.8 Å². The van der Waals surface area contributed by atoms with Crippen molar-refractivity contribution in [3.8, 4) is 5.75 Å². The van der Waals surface area contributed by atoms with Crippen LogP contribution in [0.3, 0.4) is 0 Å². The number of anilines is 2. The number of morpholine rings is 1. The Morgan fingerprint density at radius 1 is 1.30 bits per heavy atom. The molecule has 3 heterocycles. The van der Waals surface area contributed by atoms with Gasteiger partial charge in [-0.25, -0.2) is 4.79 Å². The number of nitrogens with zero attached hydrogens (tertiary/aromatic N) is 2. The number of benzene rings is 1. The van der Waals surface area contributed by atoms with Gasteiger partial charge in [-0.1, -0.05) is 0 Å². The molecule has 2 amide bonds. The van der Waals surface area contributed by atoms with E-state index in [1.165, 1.54) is 4.90 Å². The van der Waals surface area contributed by atoms with Crippen molar-refractivity contribution in [1.29, 1.82) is 0 Å². The van der Waals surface area contributed by atoms with E-state index in [1.807, 2.05) is 0 Å². The van der Waals surface area contributed by atoms with Crippen molar-refractivity contribution in [3.63, 3.8) is 0 Å². The molecule has 0 aliphatic carbocycles. The number of hydrogen-bond acceptors (Lipinski definition) is 6. The number of cyclic esters (lactones) is 1. The quantitative estimate of drug-likeness (QED) is 0.833. The average molecular weight is 320 g/mol. The zero-order valence-electron chi connectivity index (χ0n) is 12.3. The lowest BCUT2D eigenvalue weighted by molar-refractivity contribution is -0.125. The number of carbonyl (C=O) groups is 2. The van der Waals surface area contributed by atoms with Gasteiger partial charge in [-0.2, -0.15) is 0 Å². The molecule has 122 valence electrons. The molecule has 2 fully saturated rings. The number of amides is 2. The van der Waals surface area contributed by atoms with Crippen LogP contribution >= 0.6 is 0 Å². The summed E-state index contributed by atoms with van der Waals surface area (Å²) in [4.78, 5) is 27.1. The first-order chi connectivity index (χ1) is 11.2. The summed E-state index contributed by atoms with van der Waals surface area (Å²) in [5.74, 6) is 0.416. The second-order valence-corrected chi connectivity index (χ2v) is 5.60. The van der Waals surface area contributed by atoms with E-state index in [4.69, 9.17) is 14.2 Å². The Bertz CT molecular complexity index is 663. The molecule has 2 atom stereocenters. The minimum Gasteiger partial charge on any atom is -0.489 e. The molecule has 3 aliphatic rings. The monoisotopic (exact) mass is 320 g/mol. The van der Waals surface area contributed by atoms with Gasteiger partial charge in [-0.3, -0.25) is 9.69 Å². The number of carbonyl (C=O) groups excluding carboxylic acids is 2. The molecule has 8 heteroatoms. The molecule has 8 nitrogen and oxygen atoms in total. The van der Waals surface area contributed by atoms with E-state index >= 15 is 0 Å². The minimum absolute atomic E-state index is 0.0661. The number of hydrogen-bond donors (Lipinski definition) is 1. The number of aliphatic hydroxyl groups is 1. The van der Waals surface area contributed by atoms with Gasteiger partial charge in [0.25, 0.3) is 5.91 Å². The van der Waals surface area contributed by atoms with Crippen LogP contribution in [0.4, 0.5) is 16.2 Å². The van der Waals surface area contributed by atoms with Crippen LogP contribution < -0.4 is 14.5 Å². The first-order valence-electron chi connectivity index (χ1n) is 7.44. The second kappa shape index (κ2) is 5.39. The SMILES string of the molecule is O=C1COCCN1c1ccc2c(c1)OC[C@H]1[C@H](CO)OC(=O)N21. The van der Waals surface area contributed by atoms with Crippen LogP contribution in [-0.4, -0.2) is 62.2 Å². The molecule has 0 saturated carbocycles. The van der Waals surface area contributed by atoms with Crippen molar-refractivity contribution < 1.29 is 28.9 Å². The van der Waals surface area contributed by atoms with Crippen LogP contribution in [-0.2, 0) is 14.3 Å². The van der Waals surface area contributed by atoms with Crippen molar-refractivity contribution in [3.05, 3.63) is 18.2 Å². The van der Waals surface area contributed by atoms with Gasteiger partial charge in [-0.05, 0) is 12.1 Å². The summed E-state index contributed by atoms with van der Waals surface area (Å²) in [5.41, 5.74) is 1.30. The predicted octanol–water partition coefficient (Wildman–Crippen LogP) is 0.128. The fraction of sp³-hybridized carbons (Fsp3) is 0.467. The second-order valence-electron chi connectivity index (χ2n) is 5.60. The van der Waals surface area contributed by atoms with E-state index < -0.39 is 12.2 Å². The van der Waals surface area contributed by atoms with Gasteiger partial charge in [0, 0.05) is 18.3 Å². The number of aliphatic hydroxyl groups excluding tert-OH is 1. The standard InChI is InChI=1S/C15H16N2O6/c18-6-13-11-7-22-12-5-9(16-3-4-21-8-14(16)19)1-2-10(12)17(11)15(20)23-13/h1-2,5,11,13,18H,3-4,6-8H2/t11-,13-/m0/s1. The lowest BCUT2D eigenvalue weighted by Gasteiger charge is -2.32. The molecule has 4 rings (SSSR count). The maximum Gasteiger partial charge on any atom is 0.415 e. The molecule has 0 unspecified atom stereocenters. The highest BCUT2D eigenvalue weighted by Crippen LogP contribution is 2.40. The Hall–Kier alpha value is -2.32. The van der Waals surface area contributed by atoms with Crippen LogP contribution in [0.5, 0.6) is 5.75 Å². The fourth-order valence-corrected chi connectivity index (χ4v) is 3.14. The summed E-state index contributed by atoms with van der Waals surface area (Å²) in [6.45, 7) is 1.04. The smallest absolute Gasteiger partial charge is 0.415 e. The molecule has 3 aliphatic heterocycles. The lowest BCUT2D eigenvalue weighted by atomic mass is 10.1. The van der Waals surface area contributed by atoms with Gasteiger partial charge in [-0.15, -0.1) is 0 Å². The van der Waals surface area contributed by atoms with E-state index in [1.54, 1.807) is 23.1 Å². The largest absolute Gasteiger partial charge is 0.489 e. The van der Waals surface area contributed by atoms with Crippen LogP contribution in [0, 0.1) is 0 Å². The Balaban J connectivity index is 1.66. The zero-order chi connectivity index (χ0) is 16.0. The summed E-state index contributed by atoms with van der Waals surface area (Å²) in [6.07, 6.45) is -1.08. The first-order valence-corrected chi connectivity index (χ1v) is 7.44. The summed E-state index contributed by atoms with van der Waals surface area (Å²) in [5, 5.41) is 9.30. The van der Waals surface area contributed by atoms with E-state index in [9.17, 15) is 14.7 Å². The molecule has 0 bridgehead atoms. The van der Waals surface area contributed by atoms with E-state index in [0.29, 0.717) is 30.3 Å². The number of fused-ring (bicyclic) bond motifs is 3. The topological polar surface area (TPSA) is 88.5 Å². The number of ether oxygens (including phenoxy) is 3. The van der Waals surface area contributed by atoms with Gasteiger partial charge in [0.1, 0.15) is 25.0 Å². The molecule has 0 aromatic heterocycles. The molecule has 1 aromatic rings.